The lowest BCUT2D eigenvalue weighted by Crippen LogP contribution is -2.35. The van der Waals surface area contributed by atoms with E-state index in [2.05, 4.69) is 31.8 Å². The highest BCUT2D eigenvalue weighted by atomic mass is 16.5. The van der Waals surface area contributed by atoms with Gasteiger partial charge in [-0.1, -0.05) is 6.92 Å². The molecule has 1 N–H and O–H groups in total. The zero-order valence-electron chi connectivity index (χ0n) is 12.1. The van der Waals surface area contributed by atoms with E-state index in [9.17, 15) is 4.79 Å². The molecule has 0 bridgehead atoms. The molecular formula is C14H22N4O2. The first kappa shape index (κ1) is 14.7. The second-order valence-corrected chi connectivity index (χ2v) is 5.04. The Morgan fingerprint density at radius 3 is 2.85 bits per heavy atom. The van der Waals surface area contributed by atoms with Gasteiger partial charge in [0.05, 0.1) is 19.5 Å². The summed E-state index contributed by atoms with van der Waals surface area (Å²) in [7, 11) is 1.34. The van der Waals surface area contributed by atoms with Crippen LogP contribution in [0.1, 0.15) is 30.3 Å². The number of hydrogen-bond acceptors (Lipinski definition) is 6. The highest BCUT2D eigenvalue weighted by Crippen LogP contribution is 2.17. The number of hydrogen-bond donors (Lipinski definition) is 1. The van der Waals surface area contributed by atoms with Crippen LogP contribution in [0.25, 0.3) is 0 Å². The molecule has 0 atom stereocenters. The van der Waals surface area contributed by atoms with Crippen LogP contribution in [-0.2, 0) is 4.74 Å². The van der Waals surface area contributed by atoms with Crippen LogP contribution in [0.2, 0.25) is 0 Å². The van der Waals surface area contributed by atoms with E-state index in [1.165, 1.54) is 26.1 Å². The van der Waals surface area contributed by atoms with Crippen LogP contribution in [0.3, 0.4) is 0 Å². The van der Waals surface area contributed by atoms with Gasteiger partial charge in [-0.2, -0.15) is 0 Å². The van der Waals surface area contributed by atoms with Crippen molar-refractivity contribution in [2.45, 2.75) is 19.8 Å². The van der Waals surface area contributed by atoms with Crippen molar-refractivity contribution in [3.8, 4) is 0 Å². The number of esters is 1. The van der Waals surface area contributed by atoms with Gasteiger partial charge in [0.2, 0.25) is 0 Å². The quantitative estimate of drug-likeness (QED) is 0.821. The number of likely N-dealkylation sites (tertiary alicyclic amines) is 1. The molecule has 2 rings (SSSR count). The van der Waals surface area contributed by atoms with E-state index in [1.54, 1.807) is 6.20 Å². The zero-order valence-corrected chi connectivity index (χ0v) is 12.1. The molecule has 1 aromatic rings. The van der Waals surface area contributed by atoms with Crippen molar-refractivity contribution in [3.05, 3.63) is 18.1 Å². The van der Waals surface area contributed by atoms with Gasteiger partial charge in [0.1, 0.15) is 5.82 Å². The standard InChI is InChI=1S/C14H22N4O2/c1-3-18-6-4-11(5-7-18)8-16-13-10-15-9-12(17-13)14(19)20-2/h9-11H,3-8H2,1-2H3,(H,16,17). The maximum Gasteiger partial charge on any atom is 0.358 e. The van der Waals surface area contributed by atoms with E-state index in [-0.39, 0.29) is 5.69 Å². The maximum atomic E-state index is 11.4. The summed E-state index contributed by atoms with van der Waals surface area (Å²) in [6.45, 7) is 6.53. The zero-order chi connectivity index (χ0) is 14.4. The third kappa shape index (κ3) is 3.90. The van der Waals surface area contributed by atoms with Gasteiger partial charge in [0, 0.05) is 6.54 Å². The molecule has 0 amide bonds. The summed E-state index contributed by atoms with van der Waals surface area (Å²) in [5.74, 6) is 0.824. The molecule has 0 saturated carbocycles. The number of methoxy groups -OCH3 is 1. The van der Waals surface area contributed by atoms with Gasteiger partial charge in [-0.15, -0.1) is 0 Å². The Morgan fingerprint density at radius 1 is 1.45 bits per heavy atom. The average Bonchev–Trinajstić information content (AvgIpc) is 2.53. The van der Waals surface area contributed by atoms with Gasteiger partial charge in [-0.05, 0) is 38.4 Å². The van der Waals surface area contributed by atoms with Crippen LogP contribution < -0.4 is 5.32 Å². The fourth-order valence-electron chi connectivity index (χ4n) is 2.41. The molecule has 1 fully saturated rings. The van der Waals surface area contributed by atoms with E-state index < -0.39 is 5.97 Å². The molecule has 1 aliphatic heterocycles. The predicted octanol–water partition coefficient (Wildman–Crippen LogP) is 1.41. The van der Waals surface area contributed by atoms with Crippen LogP contribution in [-0.4, -0.2) is 54.1 Å². The van der Waals surface area contributed by atoms with E-state index >= 15 is 0 Å². The lowest BCUT2D eigenvalue weighted by atomic mass is 9.97. The first-order valence-electron chi connectivity index (χ1n) is 7.09. The van der Waals surface area contributed by atoms with Crippen molar-refractivity contribution >= 4 is 11.8 Å². The number of anilines is 1. The summed E-state index contributed by atoms with van der Waals surface area (Å²) < 4.78 is 4.64. The molecular weight excluding hydrogens is 256 g/mol. The Morgan fingerprint density at radius 2 is 2.20 bits per heavy atom. The summed E-state index contributed by atoms with van der Waals surface area (Å²) in [5.41, 5.74) is 0.235. The topological polar surface area (TPSA) is 67.4 Å². The third-order valence-corrected chi connectivity index (χ3v) is 3.76. The Bertz CT molecular complexity index is 445. The first-order valence-corrected chi connectivity index (χ1v) is 7.09. The van der Waals surface area contributed by atoms with Gasteiger partial charge in [-0.3, -0.25) is 4.98 Å². The minimum atomic E-state index is -0.461. The number of nitrogens with one attached hydrogen (secondary N) is 1. The molecule has 2 heterocycles. The summed E-state index contributed by atoms with van der Waals surface area (Å²) in [6.07, 6.45) is 5.44. The lowest BCUT2D eigenvalue weighted by Gasteiger charge is -2.31. The number of ether oxygens (including phenoxy) is 1. The number of rotatable bonds is 5. The molecule has 110 valence electrons. The van der Waals surface area contributed by atoms with Crippen molar-refractivity contribution in [1.82, 2.24) is 14.9 Å². The maximum absolute atomic E-state index is 11.4. The molecule has 1 saturated heterocycles. The monoisotopic (exact) mass is 278 g/mol. The first-order chi connectivity index (χ1) is 9.72. The summed E-state index contributed by atoms with van der Waals surface area (Å²) in [6, 6.07) is 0. The van der Waals surface area contributed by atoms with Crippen molar-refractivity contribution < 1.29 is 9.53 Å². The summed E-state index contributed by atoms with van der Waals surface area (Å²) in [4.78, 5) is 22.1. The largest absolute Gasteiger partial charge is 0.464 e. The van der Waals surface area contributed by atoms with Gasteiger partial charge in [-0.25, -0.2) is 9.78 Å². The molecule has 0 radical (unpaired) electrons. The van der Waals surface area contributed by atoms with Gasteiger partial charge in [0.25, 0.3) is 0 Å². The molecule has 6 heteroatoms. The van der Waals surface area contributed by atoms with Crippen molar-refractivity contribution in [1.29, 1.82) is 0 Å². The molecule has 0 aromatic carbocycles. The molecule has 0 unspecified atom stereocenters. The average molecular weight is 278 g/mol. The molecule has 20 heavy (non-hydrogen) atoms. The number of piperidine rings is 1. The Kier molecular flexibility index (Phi) is 5.29. The lowest BCUT2D eigenvalue weighted by molar-refractivity contribution is 0.0593. The smallest absolute Gasteiger partial charge is 0.358 e. The summed E-state index contributed by atoms with van der Waals surface area (Å²) in [5, 5.41) is 3.27. The number of carbonyl (C=O) groups is 1. The van der Waals surface area contributed by atoms with Crippen molar-refractivity contribution in [2.75, 3.05) is 38.6 Å². The molecule has 0 spiro atoms. The van der Waals surface area contributed by atoms with Gasteiger partial charge >= 0.3 is 5.97 Å². The fourth-order valence-corrected chi connectivity index (χ4v) is 2.41. The van der Waals surface area contributed by atoms with Crippen LogP contribution in [0.15, 0.2) is 12.4 Å². The second-order valence-electron chi connectivity index (χ2n) is 5.04. The predicted molar refractivity (Wildman–Crippen MR) is 76.7 cm³/mol. The Balaban J connectivity index is 1.84. The SMILES string of the molecule is CCN1CCC(CNc2cncc(C(=O)OC)n2)CC1. The van der Waals surface area contributed by atoms with E-state index in [4.69, 9.17) is 0 Å². The van der Waals surface area contributed by atoms with Crippen molar-refractivity contribution in [2.24, 2.45) is 5.92 Å². The molecule has 1 aliphatic rings. The second kappa shape index (κ2) is 7.19. The third-order valence-electron chi connectivity index (χ3n) is 3.76. The molecule has 0 aliphatic carbocycles. The van der Waals surface area contributed by atoms with Crippen LogP contribution in [0, 0.1) is 5.92 Å². The fraction of sp³-hybridized carbons (Fsp3) is 0.643. The van der Waals surface area contributed by atoms with Crippen LogP contribution >= 0.6 is 0 Å². The van der Waals surface area contributed by atoms with Gasteiger partial charge in [0.15, 0.2) is 5.69 Å². The minimum absolute atomic E-state index is 0.235. The highest BCUT2D eigenvalue weighted by molar-refractivity contribution is 5.87. The number of carbonyl (C=O) groups excluding carboxylic acids is 1. The minimum Gasteiger partial charge on any atom is -0.464 e. The van der Waals surface area contributed by atoms with Gasteiger partial charge < -0.3 is 15.0 Å². The number of nitrogens with zero attached hydrogens (tertiary/aromatic N) is 3. The summed E-state index contributed by atoms with van der Waals surface area (Å²) >= 11 is 0. The molecule has 1 aromatic heterocycles. The van der Waals surface area contributed by atoms with E-state index in [1.807, 2.05) is 0 Å². The van der Waals surface area contributed by atoms with E-state index in [0.29, 0.717) is 11.7 Å². The van der Waals surface area contributed by atoms with Crippen LogP contribution in [0.4, 0.5) is 5.82 Å². The van der Waals surface area contributed by atoms with Crippen LogP contribution in [0.5, 0.6) is 0 Å². The number of aromatic nitrogens is 2. The van der Waals surface area contributed by atoms with E-state index in [0.717, 1.165) is 26.2 Å². The Labute approximate surface area is 119 Å². The highest BCUT2D eigenvalue weighted by Gasteiger charge is 2.18. The Hall–Kier alpha value is -1.69. The normalized spacial score (nSPS) is 16.9. The molecule has 6 nitrogen and oxygen atoms in total. The van der Waals surface area contributed by atoms with Crippen molar-refractivity contribution in [3.63, 3.8) is 0 Å².